The molecule has 0 aliphatic rings. The van der Waals surface area contributed by atoms with E-state index in [0.717, 1.165) is 31.6 Å². The summed E-state index contributed by atoms with van der Waals surface area (Å²) in [5.41, 5.74) is 1.94. The summed E-state index contributed by atoms with van der Waals surface area (Å²) in [5.74, 6) is -0.0736. The molecule has 0 saturated carbocycles. The van der Waals surface area contributed by atoms with Crippen molar-refractivity contribution >= 4 is 17.0 Å². The van der Waals surface area contributed by atoms with Crippen molar-refractivity contribution in [1.29, 1.82) is 0 Å². The lowest BCUT2D eigenvalue weighted by Crippen LogP contribution is -2.24. The lowest BCUT2D eigenvalue weighted by Gasteiger charge is -2.17. The van der Waals surface area contributed by atoms with E-state index >= 15 is 0 Å². The minimum Gasteiger partial charge on any atom is -0.494 e. The Kier molecular flexibility index (Phi) is 6.83. The van der Waals surface area contributed by atoms with E-state index in [-0.39, 0.29) is 11.4 Å². The molecule has 0 amide bonds. The number of aryl methyl sites for hydroxylation is 1. The van der Waals surface area contributed by atoms with Gasteiger partial charge in [-0.25, -0.2) is 4.57 Å². The van der Waals surface area contributed by atoms with Crippen LogP contribution in [0.15, 0.2) is 58.3 Å². The van der Waals surface area contributed by atoms with Gasteiger partial charge in [-0.3, -0.25) is 9.79 Å². The Balaban J connectivity index is 2.02. The first kappa shape index (κ1) is 20.8. The zero-order chi connectivity index (χ0) is 20.8. The molecule has 3 aromatic rings. The largest absolute Gasteiger partial charge is 0.494 e. The lowest BCUT2D eigenvalue weighted by atomic mass is 10.1. The normalized spacial score (nSPS) is 11.7. The van der Waals surface area contributed by atoms with Crippen LogP contribution >= 0.6 is 0 Å². The number of para-hydroxylation sites is 1. The SMILES string of the molecule is CCN(CC)CCCN=Cc1c(O)n(-c2ccccc2C)c(=O)c2ccccc12. The third-order valence-electron chi connectivity index (χ3n) is 5.34. The quantitative estimate of drug-likeness (QED) is 0.463. The molecule has 3 rings (SSSR count). The van der Waals surface area contributed by atoms with E-state index in [9.17, 15) is 9.90 Å². The van der Waals surface area contributed by atoms with E-state index in [2.05, 4.69) is 23.7 Å². The smallest absolute Gasteiger partial charge is 0.265 e. The second-order valence-electron chi connectivity index (χ2n) is 7.13. The third-order valence-corrected chi connectivity index (χ3v) is 5.34. The predicted molar refractivity (Wildman–Crippen MR) is 121 cm³/mol. The summed E-state index contributed by atoms with van der Waals surface area (Å²) >= 11 is 0. The van der Waals surface area contributed by atoms with Crippen molar-refractivity contribution in [3.05, 3.63) is 70.0 Å². The van der Waals surface area contributed by atoms with Crippen LogP contribution in [0.3, 0.4) is 0 Å². The second kappa shape index (κ2) is 9.52. The minimum atomic E-state index is -0.230. The molecular formula is C24H29N3O2. The lowest BCUT2D eigenvalue weighted by molar-refractivity contribution is 0.302. The van der Waals surface area contributed by atoms with Crippen LogP contribution in [0.4, 0.5) is 0 Å². The molecule has 29 heavy (non-hydrogen) atoms. The molecule has 0 radical (unpaired) electrons. The van der Waals surface area contributed by atoms with Gasteiger partial charge in [-0.05, 0) is 50.7 Å². The molecule has 152 valence electrons. The maximum atomic E-state index is 13.1. The second-order valence-corrected chi connectivity index (χ2v) is 7.13. The fourth-order valence-corrected chi connectivity index (χ4v) is 3.61. The number of aliphatic imine (C=N–C) groups is 1. The number of pyridine rings is 1. The molecule has 5 heteroatoms. The predicted octanol–water partition coefficient (Wildman–Crippen LogP) is 4.16. The highest BCUT2D eigenvalue weighted by Gasteiger charge is 2.17. The molecule has 1 N–H and O–H groups in total. The molecule has 0 bridgehead atoms. The van der Waals surface area contributed by atoms with Gasteiger partial charge in [0.2, 0.25) is 5.88 Å². The van der Waals surface area contributed by atoms with Crippen LogP contribution in [0.2, 0.25) is 0 Å². The molecule has 1 aromatic heterocycles. The van der Waals surface area contributed by atoms with Gasteiger partial charge in [0.25, 0.3) is 5.56 Å². The van der Waals surface area contributed by atoms with Crippen molar-refractivity contribution < 1.29 is 5.11 Å². The van der Waals surface area contributed by atoms with Crippen LogP contribution in [0, 0.1) is 6.92 Å². The Morgan fingerprint density at radius 1 is 1.03 bits per heavy atom. The Labute approximate surface area is 171 Å². The average Bonchev–Trinajstić information content (AvgIpc) is 2.74. The van der Waals surface area contributed by atoms with Gasteiger partial charge in [-0.2, -0.15) is 0 Å². The van der Waals surface area contributed by atoms with Crippen molar-refractivity contribution in [2.45, 2.75) is 27.2 Å². The molecule has 0 unspecified atom stereocenters. The maximum Gasteiger partial charge on any atom is 0.265 e. The fraction of sp³-hybridized carbons (Fsp3) is 0.333. The minimum absolute atomic E-state index is 0.0736. The fourth-order valence-electron chi connectivity index (χ4n) is 3.61. The molecule has 0 aliphatic heterocycles. The number of hydrogen-bond acceptors (Lipinski definition) is 4. The van der Waals surface area contributed by atoms with Gasteiger partial charge in [0.05, 0.1) is 11.3 Å². The number of hydrogen-bond donors (Lipinski definition) is 1. The molecule has 0 saturated heterocycles. The Morgan fingerprint density at radius 3 is 2.38 bits per heavy atom. The molecule has 0 aliphatic carbocycles. The van der Waals surface area contributed by atoms with E-state index in [1.807, 2.05) is 49.4 Å². The number of benzene rings is 2. The molecular weight excluding hydrogens is 362 g/mol. The van der Waals surface area contributed by atoms with Crippen molar-refractivity contribution in [1.82, 2.24) is 9.47 Å². The highest BCUT2D eigenvalue weighted by Crippen LogP contribution is 2.27. The molecule has 0 spiro atoms. The molecule has 0 atom stereocenters. The van der Waals surface area contributed by atoms with Gasteiger partial charge in [-0.1, -0.05) is 50.2 Å². The Bertz CT molecular complexity index is 1070. The summed E-state index contributed by atoms with van der Waals surface area (Å²) in [7, 11) is 0. The number of nitrogens with zero attached hydrogens (tertiary/aromatic N) is 3. The zero-order valence-electron chi connectivity index (χ0n) is 17.4. The highest BCUT2D eigenvalue weighted by molar-refractivity contribution is 6.01. The topological polar surface area (TPSA) is 57.8 Å². The summed E-state index contributed by atoms with van der Waals surface area (Å²) < 4.78 is 1.38. The van der Waals surface area contributed by atoms with Crippen molar-refractivity contribution in [2.75, 3.05) is 26.2 Å². The Morgan fingerprint density at radius 2 is 1.69 bits per heavy atom. The summed E-state index contributed by atoms with van der Waals surface area (Å²) in [6.07, 6.45) is 2.66. The first-order valence-corrected chi connectivity index (χ1v) is 10.2. The molecule has 1 heterocycles. The van der Waals surface area contributed by atoms with Gasteiger partial charge in [0, 0.05) is 23.5 Å². The van der Waals surface area contributed by atoms with E-state index in [1.165, 1.54) is 4.57 Å². The van der Waals surface area contributed by atoms with E-state index in [0.29, 0.717) is 28.6 Å². The molecule has 2 aromatic carbocycles. The zero-order valence-corrected chi connectivity index (χ0v) is 17.4. The summed E-state index contributed by atoms with van der Waals surface area (Å²) in [6.45, 7) is 9.99. The van der Waals surface area contributed by atoms with Crippen LogP contribution < -0.4 is 5.56 Å². The van der Waals surface area contributed by atoms with Gasteiger partial charge in [0.1, 0.15) is 0 Å². The third kappa shape index (κ3) is 4.40. The standard InChI is InChI=1S/C24H29N3O2/c1-4-26(5-2)16-10-15-25-17-21-19-12-7-8-13-20(19)23(28)27(24(21)29)22-14-9-6-11-18(22)3/h6-9,11-14,17,29H,4-5,10,15-16H2,1-3H3. The summed E-state index contributed by atoms with van der Waals surface area (Å²) in [5, 5.41) is 12.3. The van der Waals surface area contributed by atoms with Crippen molar-refractivity contribution in [2.24, 2.45) is 4.99 Å². The van der Waals surface area contributed by atoms with Gasteiger partial charge >= 0.3 is 0 Å². The molecule has 5 nitrogen and oxygen atoms in total. The van der Waals surface area contributed by atoms with E-state index < -0.39 is 0 Å². The number of aromatic nitrogens is 1. The summed E-state index contributed by atoms with van der Waals surface area (Å²) in [4.78, 5) is 20.0. The van der Waals surface area contributed by atoms with Crippen LogP contribution in [-0.4, -0.2) is 47.0 Å². The van der Waals surface area contributed by atoms with Gasteiger partial charge in [0.15, 0.2) is 0 Å². The van der Waals surface area contributed by atoms with Crippen LogP contribution in [0.5, 0.6) is 5.88 Å². The Hall–Kier alpha value is -2.92. The monoisotopic (exact) mass is 391 g/mol. The first-order valence-electron chi connectivity index (χ1n) is 10.2. The van der Waals surface area contributed by atoms with Crippen LogP contribution in [0.1, 0.15) is 31.4 Å². The van der Waals surface area contributed by atoms with Crippen LogP contribution in [-0.2, 0) is 0 Å². The summed E-state index contributed by atoms with van der Waals surface area (Å²) in [6, 6.07) is 14.9. The van der Waals surface area contributed by atoms with E-state index in [1.54, 1.807) is 12.3 Å². The van der Waals surface area contributed by atoms with Gasteiger partial charge in [-0.15, -0.1) is 0 Å². The number of rotatable bonds is 8. The van der Waals surface area contributed by atoms with Crippen molar-refractivity contribution in [3.8, 4) is 11.6 Å². The van der Waals surface area contributed by atoms with Crippen molar-refractivity contribution in [3.63, 3.8) is 0 Å². The molecule has 0 fully saturated rings. The number of aromatic hydroxyl groups is 1. The first-order chi connectivity index (χ1) is 14.1. The van der Waals surface area contributed by atoms with Gasteiger partial charge < -0.3 is 10.0 Å². The maximum absolute atomic E-state index is 13.1. The van der Waals surface area contributed by atoms with E-state index in [4.69, 9.17) is 0 Å². The average molecular weight is 392 g/mol. The highest BCUT2D eigenvalue weighted by atomic mass is 16.3. The van der Waals surface area contributed by atoms with Crippen LogP contribution in [0.25, 0.3) is 16.5 Å². The number of fused-ring (bicyclic) bond motifs is 1.